The van der Waals surface area contributed by atoms with Gasteiger partial charge >= 0.3 is 8.18 Å². The van der Waals surface area contributed by atoms with Gasteiger partial charge in [-0.25, -0.2) is 0 Å². The quantitative estimate of drug-likeness (QED) is 0.204. The van der Waals surface area contributed by atoms with Crippen molar-refractivity contribution in [3.63, 3.8) is 0 Å². The van der Waals surface area contributed by atoms with Gasteiger partial charge in [0.2, 0.25) is 0 Å². The van der Waals surface area contributed by atoms with E-state index in [0.717, 1.165) is 32.1 Å². The summed E-state index contributed by atoms with van der Waals surface area (Å²) < 4.78 is 33.1. The highest BCUT2D eigenvalue weighted by molar-refractivity contribution is 7.55. The van der Waals surface area contributed by atoms with Crippen molar-refractivity contribution >= 4 is 15.7 Å². The van der Waals surface area contributed by atoms with Gasteiger partial charge in [-0.2, -0.15) is 0 Å². The number of ether oxygens (including phenoxy) is 2. The van der Waals surface area contributed by atoms with E-state index in [-0.39, 0.29) is 17.0 Å². The van der Waals surface area contributed by atoms with Crippen molar-refractivity contribution in [1.29, 1.82) is 0 Å². The maximum Gasteiger partial charge on any atom is 0.610 e. The molecule has 0 aromatic heterocycles. The van der Waals surface area contributed by atoms with E-state index in [2.05, 4.69) is 18.9 Å². The summed E-state index contributed by atoms with van der Waals surface area (Å²) in [5.41, 5.74) is 4.93. The summed E-state index contributed by atoms with van der Waals surface area (Å²) in [6, 6.07) is 0. The minimum atomic E-state index is -3.47. The molecular formula is C17H39N2O6P2+. The van der Waals surface area contributed by atoms with E-state index in [1.807, 2.05) is 13.8 Å². The highest BCUT2D eigenvalue weighted by Gasteiger charge is 2.26. The predicted octanol–water partition coefficient (Wildman–Crippen LogP) is 3.41. The van der Waals surface area contributed by atoms with Crippen LogP contribution in [0.2, 0.25) is 0 Å². The van der Waals surface area contributed by atoms with Crippen LogP contribution in [0.1, 0.15) is 59.8 Å². The Labute approximate surface area is 165 Å². The summed E-state index contributed by atoms with van der Waals surface area (Å²) >= 11 is 0. The molecule has 2 atom stereocenters. The minimum absolute atomic E-state index is 0.0400. The van der Waals surface area contributed by atoms with Crippen molar-refractivity contribution in [2.45, 2.75) is 59.8 Å². The topological polar surface area (TPSA) is 131 Å². The maximum absolute atomic E-state index is 11.3. The second kappa shape index (κ2) is 13.3. The molecular weight excluding hydrogens is 390 g/mol. The molecule has 10 heteroatoms. The molecule has 0 aromatic rings. The van der Waals surface area contributed by atoms with E-state index in [9.17, 15) is 14.0 Å². The van der Waals surface area contributed by atoms with Crippen LogP contribution in [0.15, 0.2) is 0 Å². The average molecular weight is 429 g/mol. The van der Waals surface area contributed by atoms with Gasteiger partial charge in [-0.05, 0) is 47.5 Å². The zero-order valence-electron chi connectivity index (χ0n) is 17.3. The lowest BCUT2D eigenvalue weighted by Gasteiger charge is -2.25. The summed E-state index contributed by atoms with van der Waals surface area (Å²) in [6.07, 6.45) is 4.39. The SMILES string of the molecule is CC(C)(CCCOCCCOCCCC(C)(C)CP(N)(=O)O)CN[P+](=O)O. The van der Waals surface area contributed by atoms with Gasteiger partial charge in [0.05, 0.1) is 0 Å². The predicted molar refractivity (Wildman–Crippen MR) is 109 cm³/mol. The molecule has 0 aliphatic rings. The molecule has 0 rings (SSSR count). The average Bonchev–Trinajstić information content (AvgIpc) is 2.48. The lowest BCUT2D eigenvalue weighted by molar-refractivity contribution is 0.0742. The van der Waals surface area contributed by atoms with Gasteiger partial charge in [-0.3, -0.25) is 10.1 Å². The molecule has 8 nitrogen and oxygen atoms in total. The van der Waals surface area contributed by atoms with Crippen molar-refractivity contribution in [1.82, 2.24) is 5.09 Å². The normalized spacial score (nSPS) is 15.6. The molecule has 0 radical (unpaired) electrons. The lowest BCUT2D eigenvalue weighted by atomic mass is 9.88. The van der Waals surface area contributed by atoms with Crippen LogP contribution in [0, 0.1) is 10.8 Å². The van der Waals surface area contributed by atoms with Crippen LogP contribution in [0.25, 0.3) is 0 Å². The van der Waals surface area contributed by atoms with Crippen LogP contribution in [0.3, 0.4) is 0 Å². The molecule has 0 amide bonds. The van der Waals surface area contributed by atoms with Crippen LogP contribution in [-0.2, 0) is 18.6 Å². The fourth-order valence-corrected chi connectivity index (χ4v) is 4.78. The highest BCUT2D eigenvalue weighted by atomic mass is 31.2. The first kappa shape index (κ1) is 27.1. The van der Waals surface area contributed by atoms with Crippen molar-refractivity contribution in [3.05, 3.63) is 0 Å². The van der Waals surface area contributed by atoms with E-state index < -0.39 is 15.7 Å². The van der Waals surface area contributed by atoms with E-state index >= 15 is 0 Å². The summed E-state index contributed by atoms with van der Waals surface area (Å²) in [6.45, 7) is 11.1. The van der Waals surface area contributed by atoms with Crippen LogP contribution in [0.4, 0.5) is 0 Å². The molecule has 162 valence electrons. The Morgan fingerprint density at radius 2 is 1.41 bits per heavy atom. The molecule has 5 N–H and O–H groups in total. The molecule has 0 aliphatic carbocycles. The Bertz CT molecular complexity index is 468. The molecule has 0 aromatic carbocycles. The number of hydrogen-bond donors (Lipinski definition) is 4. The Morgan fingerprint density at radius 3 is 1.85 bits per heavy atom. The molecule has 0 aliphatic heterocycles. The smallest absolute Gasteiger partial charge is 0.381 e. The summed E-state index contributed by atoms with van der Waals surface area (Å²) in [7, 11) is -5.76. The molecule has 0 bridgehead atoms. The van der Waals surface area contributed by atoms with Crippen LogP contribution in [0.5, 0.6) is 0 Å². The standard InChI is InChI=1S/C17H38N2O6P2/c1-16(2,14-19-26(20)21)8-5-10-24-12-7-13-25-11-6-9-17(3,4)15-27(18,22)23/h5-15H2,1-4H3,(H4-,18,19,20,21,22,23)/p+1. The maximum atomic E-state index is 11.3. The van der Waals surface area contributed by atoms with Gasteiger partial charge < -0.3 is 14.4 Å². The molecule has 0 spiro atoms. The summed E-state index contributed by atoms with van der Waals surface area (Å²) in [5, 5.41) is 2.57. The van der Waals surface area contributed by atoms with Crippen LogP contribution >= 0.6 is 15.7 Å². The van der Waals surface area contributed by atoms with Gasteiger partial charge in [0.1, 0.15) is 0 Å². The molecule has 2 unspecified atom stereocenters. The van der Waals surface area contributed by atoms with E-state index in [4.69, 9.17) is 19.9 Å². The number of rotatable bonds is 17. The molecule has 0 saturated heterocycles. The molecule has 0 heterocycles. The van der Waals surface area contributed by atoms with Gasteiger partial charge in [-0.15, -0.1) is 4.89 Å². The van der Waals surface area contributed by atoms with E-state index in [1.54, 1.807) is 0 Å². The second-order valence-electron chi connectivity index (χ2n) is 8.64. The van der Waals surface area contributed by atoms with Gasteiger partial charge in [0, 0.05) is 39.1 Å². The van der Waals surface area contributed by atoms with Gasteiger partial charge in [0.15, 0.2) is 0 Å². The van der Waals surface area contributed by atoms with Crippen molar-refractivity contribution in [2.75, 3.05) is 39.1 Å². The molecule has 0 saturated carbocycles. The number of nitrogens with two attached hydrogens (primary N) is 1. The first-order valence-electron chi connectivity index (χ1n) is 9.49. The zero-order chi connectivity index (χ0) is 21.0. The first-order valence-corrected chi connectivity index (χ1v) is 12.6. The third kappa shape index (κ3) is 19.2. The zero-order valence-corrected chi connectivity index (χ0v) is 19.1. The second-order valence-corrected chi connectivity index (χ2v) is 11.3. The van der Waals surface area contributed by atoms with E-state index in [1.165, 1.54) is 0 Å². The van der Waals surface area contributed by atoms with Crippen molar-refractivity contribution < 1.29 is 28.4 Å². The monoisotopic (exact) mass is 429 g/mol. The van der Waals surface area contributed by atoms with E-state index in [0.29, 0.717) is 33.0 Å². The van der Waals surface area contributed by atoms with Crippen molar-refractivity contribution in [3.8, 4) is 0 Å². The fraction of sp³-hybridized carbons (Fsp3) is 1.00. The van der Waals surface area contributed by atoms with Gasteiger partial charge in [-0.1, -0.05) is 32.8 Å². The van der Waals surface area contributed by atoms with Gasteiger partial charge in [0.25, 0.3) is 7.52 Å². The summed E-state index contributed by atoms with van der Waals surface area (Å²) in [4.78, 5) is 18.1. The Kier molecular flexibility index (Phi) is 13.4. The first-order chi connectivity index (χ1) is 12.3. The highest BCUT2D eigenvalue weighted by Crippen LogP contribution is 2.40. The number of nitrogens with one attached hydrogen (secondary N) is 1. The molecule has 0 fully saturated rings. The largest absolute Gasteiger partial charge is 0.610 e. The lowest BCUT2D eigenvalue weighted by Crippen LogP contribution is -2.25. The third-order valence-electron chi connectivity index (χ3n) is 4.21. The van der Waals surface area contributed by atoms with Crippen LogP contribution < -0.4 is 10.6 Å². The van der Waals surface area contributed by atoms with Crippen LogP contribution in [-0.4, -0.2) is 48.9 Å². The Hall–Kier alpha value is 0.0900. The summed E-state index contributed by atoms with van der Waals surface area (Å²) in [5.74, 6) is 0. The fourth-order valence-electron chi connectivity index (χ4n) is 2.84. The number of hydrogen-bond acceptors (Lipinski definition) is 4. The minimum Gasteiger partial charge on any atom is -0.381 e. The Balaban J connectivity index is 3.53. The Morgan fingerprint density at radius 1 is 0.963 bits per heavy atom. The molecule has 27 heavy (non-hydrogen) atoms. The third-order valence-corrected chi connectivity index (χ3v) is 5.95. The van der Waals surface area contributed by atoms with Crippen molar-refractivity contribution in [2.24, 2.45) is 16.3 Å².